The molecule has 1 amide bonds. The number of nitrogens with zero attached hydrogens (tertiary/aromatic N) is 1. The highest BCUT2D eigenvalue weighted by Crippen LogP contribution is 2.26. The molecule has 4 aromatic rings. The van der Waals surface area contributed by atoms with Crippen molar-refractivity contribution in [3.8, 4) is 17.0 Å². The zero-order valence-corrected chi connectivity index (χ0v) is 16.9. The van der Waals surface area contributed by atoms with E-state index in [1.165, 1.54) is 0 Å². The molecule has 4 rings (SSSR count). The predicted molar refractivity (Wildman–Crippen MR) is 119 cm³/mol. The van der Waals surface area contributed by atoms with Crippen LogP contribution in [0.2, 0.25) is 0 Å². The lowest BCUT2D eigenvalue weighted by Crippen LogP contribution is -2.21. The van der Waals surface area contributed by atoms with Gasteiger partial charge < -0.3 is 14.8 Å². The molecule has 0 aliphatic carbocycles. The van der Waals surface area contributed by atoms with Crippen molar-refractivity contribution >= 4 is 28.5 Å². The summed E-state index contributed by atoms with van der Waals surface area (Å²) < 4.78 is 10.5. The highest BCUT2D eigenvalue weighted by Gasteiger charge is 2.16. The van der Waals surface area contributed by atoms with Gasteiger partial charge in [0.15, 0.2) is 6.61 Å². The molecule has 0 unspecified atom stereocenters. The largest absolute Gasteiger partial charge is 0.497 e. The van der Waals surface area contributed by atoms with Crippen LogP contribution in [0.4, 0.5) is 5.69 Å². The number of esters is 1. The Labute approximate surface area is 179 Å². The van der Waals surface area contributed by atoms with E-state index in [-0.39, 0.29) is 6.61 Å². The third-order valence-corrected chi connectivity index (χ3v) is 4.71. The van der Waals surface area contributed by atoms with Crippen molar-refractivity contribution in [2.45, 2.75) is 0 Å². The Morgan fingerprint density at radius 3 is 2.35 bits per heavy atom. The molecule has 0 saturated carbocycles. The predicted octanol–water partition coefficient (Wildman–Crippen LogP) is 4.71. The number of benzene rings is 3. The topological polar surface area (TPSA) is 77.5 Å². The number of fused-ring (bicyclic) bond motifs is 1. The summed E-state index contributed by atoms with van der Waals surface area (Å²) in [5, 5.41) is 3.35. The molecular formula is C25H20N2O4. The van der Waals surface area contributed by atoms with E-state index < -0.39 is 11.9 Å². The molecule has 0 aliphatic heterocycles. The summed E-state index contributed by atoms with van der Waals surface area (Å²) in [6.45, 7) is -0.387. The number of hydrogen-bond donors (Lipinski definition) is 1. The molecule has 154 valence electrons. The van der Waals surface area contributed by atoms with E-state index in [4.69, 9.17) is 9.47 Å². The van der Waals surface area contributed by atoms with E-state index in [0.29, 0.717) is 27.8 Å². The van der Waals surface area contributed by atoms with Crippen LogP contribution in [0.1, 0.15) is 10.4 Å². The number of hydrogen-bond acceptors (Lipinski definition) is 5. The van der Waals surface area contributed by atoms with Crippen LogP contribution in [0.5, 0.6) is 5.75 Å². The fraction of sp³-hybridized carbons (Fsp3) is 0.0800. The number of rotatable bonds is 6. The van der Waals surface area contributed by atoms with Crippen molar-refractivity contribution in [3.05, 3.63) is 90.5 Å². The molecule has 0 radical (unpaired) electrons. The fourth-order valence-electron chi connectivity index (χ4n) is 3.18. The van der Waals surface area contributed by atoms with Crippen molar-refractivity contribution in [2.24, 2.45) is 0 Å². The summed E-state index contributed by atoms with van der Waals surface area (Å²) in [7, 11) is 1.60. The normalized spacial score (nSPS) is 10.5. The van der Waals surface area contributed by atoms with Gasteiger partial charge in [0.25, 0.3) is 5.91 Å². The Bertz CT molecular complexity index is 1220. The van der Waals surface area contributed by atoms with Crippen molar-refractivity contribution in [1.29, 1.82) is 0 Å². The van der Waals surface area contributed by atoms with E-state index in [0.717, 1.165) is 11.3 Å². The Morgan fingerprint density at radius 2 is 1.61 bits per heavy atom. The molecule has 0 saturated heterocycles. The third-order valence-electron chi connectivity index (χ3n) is 4.71. The number of methoxy groups -OCH3 is 1. The minimum atomic E-state index is -0.587. The molecule has 0 atom stereocenters. The van der Waals surface area contributed by atoms with Crippen molar-refractivity contribution in [2.75, 3.05) is 19.0 Å². The summed E-state index contributed by atoms with van der Waals surface area (Å²) in [6, 6.07) is 25.4. The van der Waals surface area contributed by atoms with Gasteiger partial charge in [-0.25, -0.2) is 9.78 Å². The minimum Gasteiger partial charge on any atom is -0.497 e. The van der Waals surface area contributed by atoms with E-state index in [1.54, 1.807) is 31.4 Å². The molecule has 1 heterocycles. The van der Waals surface area contributed by atoms with Gasteiger partial charge in [-0.1, -0.05) is 36.4 Å². The Kier molecular flexibility index (Phi) is 5.89. The second-order valence-corrected chi connectivity index (χ2v) is 6.79. The van der Waals surface area contributed by atoms with Crippen LogP contribution in [0.15, 0.2) is 84.9 Å². The first-order valence-corrected chi connectivity index (χ1v) is 9.70. The molecule has 3 aromatic carbocycles. The average Bonchev–Trinajstić information content (AvgIpc) is 2.82. The first-order valence-electron chi connectivity index (χ1n) is 9.70. The average molecular weight is 412 g/mol. The second kappa shape index (κ2) is 9.09. The van der Waals surface area contributed by atoms with Crippen LogP contribution in [-0.4, -0.2) is 30.6 Å². The summed E-state index contributed by atoms with van der Waals surface area (Å²) in [5.74, 6) is -0.265. The van der Waals surface area contributed by atoms with Crippen LogP contribution in [0, 0.1) is 0 Å². The van der Waals surface area contributed by atoms with E-state index >= 15 is 0 Å². The number of carbonyl (C=O) groups is 2. The molecule has 0 bridgehead atoms. The number of carbonyl (C=O) groups excluding carboxylic acids is 2. The van der Waals surface area contributed by atoms with Gasteiger partial charge >= 0.3 is 5.97 Å². The molecule has 6 nitrogen and oxygen atoms in total. The first kappa shape index (κ1) is 20.1. The van der Waals surface area contributed by atoms with Gasteiger partial charge in [-0.05, 0) is 48.5 Å². The quantitative estimate of drug-likeness (QED) is 0.464. The zero-order valence-electron chi connectivity index (χ0n) is 16.9. The van der Waals surface area contributed by atoms with Gasteiger partial charge in [-0.3, -0.25) is 4.79 Å². The van der Waals surface area contributed by atoms with Crippen LogP contribution in [-0.2, 0) is 9.53 Å². The number of para-hydroxylation sites is 2. The smallest absolute Gasteiger partial charge is 0.339 e. The summed E-state index contributed by atoms with van der Waals surface area (Å²) in [6.07, 6.45) is 0. The van der Waals surface area contributed by atoms with Crippen LogP contribution in [0.25, 0.3) is 22.2 Å². The molecule has 0 fully saturated rings. The van der Waals surface area contributed by atoms with Gasteiger partial charge in [-0.15, -0.1) is 0 Å². The highest BCUT2D eigenvalue weighted by molar-refractivity contribution is 6.05. The molecule has 1 N–H and O–H groups in total. The molecular weight excluding hydrogens is 392 g/mol. The SMILES string of the molecule is COc1ccc(-c2cc(C(=O)OCC(=O)Nc3ccccc3)c3ccccc3n2)cc1. The lowest BCUT2D eigenvalue weighted by molar-refractivity contribution is -0.119. The number of aromatic nitrogens is 1. The third kappa shape index (κ3) is 4.70. The number of nitrogens with one attached hydrogen (secondary N) is 1. The maximum atomic E-state index is 12.8. The maximum absolute atomic E-state index is 12.8. The zero-order chi connectivity index (χ0) is 21.6. The van der Waals surface area contributed by atoms with E-state index in [2.05, 4.69) is 10.3 Å². The summed E-state index contributed by atoms with van der Waals surface area (Å²) in [5.41, 5.74) is 3.12. The number of pyridine rings is 1. The van der Waals surface area contributed by atoms with Crippen molar-refractivity contribution in [1.82, 2.24) is 4.98 Å². The molecule has 0 spiro atoms. The summed E-state index contributed by atoms with van der Waals surface area (Å²) in [4.78, 5) is 29.7. The standard InChI is InChI=1S/C25H20N2O4/c1-30-19-13-11-17(12-14-19)23-15-21(20-9-5-6-10-22(20)27-23)25(29)31-16-24(28)26-18-7-3-2-4-8-18/h2-15H,16H2,1H3,(H,26,28). The van der Waals surface area contributed by atoms with Crippen molar-refractivity contribution in [3.63, 3.8) is 0 Å². The minimum absolute atomic E-state index is 0.351. The molecule has 1 aromatic heterocycles. The maximum Gasteiger partial charge on any atom is 0.339 e. The number of amides is 1. The Hall–Kier alpha value is -4.19. The van der Waals surface area contributed by atoms with Gasteiger partial charge in [0.1, 0.15) is 5.75 Å². The first-order chi connectivity index (χ1) is 15.1. The van der Waals surface area contributed by atoms with E-state index in [1.807, 2.05) is 60.7 Å². The Balaban J connectivity index is 1.58. The van der Waals surface area contributed by atoms with Gasteiger partial charge in [0.05, 0.1) is 23.9 Å². The van der Waals surface area contributed by atoms with Gasteiger partial charge in [0, 0.05) is 16.6 Å². The van der Waals surface area contributed by atoms with Crippen LogP contribution < -0.4 is 10.1 Å². The van der Waals surface area contributed by atoms with Crippen LogP contribution in [0.3, 0.4) is 0 Å². The number of anilines is 1. The summed E-state index contributed by atoms with van der Waals surface area (Å²) >= 11 is 0. The lowest BCUT2D eigenvalue weighted by Gasteiger charge is -2.11. The van der Waals surface area contributed by atoms with Crippen molar-refractivity contribution < 1.29 is 19.1 Å². The van der Waals surface area contributed by atoms with Crippen LogP contribution >= 0.6 is 0 Å². The molecule has 6 heteroatoms. The lowest BCUT2D eigenvalue weighted by atomic mass is 10.0. The molecule has 0 aliphatic rings. The van der Waals surface area contributed by atoms with Gasteiger partial charge in [0.2, 0.25) is 0 Å². The monoisotopic (exact) mass is 412 g/mol. The second-order valence-electron chi connectivity index (χ2n) is 6.79. The Morgan fingerprint density at radius 1 is 0.903 bits per heavy atom. The fourth-order valence-corrected chi connectivity index (χ4v) is 3.18. The van der Waals surface area contributed by atoms with Gasteiger partial charge in [-0.2, -0.15) is 0 Å². The highest BCUT2D eigenvalue weighted by atomic mass is 16.5. The number of ether oxygens (including phenoxy) is 2. The van der Waals surface area contributed by atoms with E-state index in [9.17, 15) is 9.59 Å². The molecule has 31 heavy (non-hydrogen) atoms.